The van der Waals surface area contributed by atoms with Crippen LogP contribution in [0.25, 0.3) is 6.08 Å². The molecule has 2 aromatic carbocycles. The molecule has 0 N–H and O–H groups in total. The van der Waals surface area contributed by atoms with Gasteiger partial charge in [-0.05, 0) is 56.7 Å². The molecule has 0 saturated carbocycles. The Morgan fingerprint density at radius 2 is 1.61 bits per heavy atom. The molecule has 4 nitrogen and oxygen atoms in total. The molecule has 0 spiro atoms. The number of anilines is 2. The first-order valence-corrected chi connectivity index (χ1v) is 10.1. The van der Waals surface area contributed by atoms with Crippen molar-refractivity contribution >= 4 is 63.9 Å². The average Bonchev–Trinajstić information content (AvgIpc) is 2.91. The predicted octanol–water partition coefficient (Wildman–Crippen LogP) is 6.30. The Morgan fingerprint density at radius 3 is 2.14 bits per heavy atom. The Kier molecular flexibility index (Phi) is 6.33. The highest BCUT2D eigenvalue weighted by Gasteiger charge is 2.31. The molecule has 0 aliphatic carbocycles. The zero-order valence-electron chi connectivity index (χ0n) is 15.8. The van der Waals surface area contributed by atoms with Crippen LogP contribution >= 0.6 is 34.8 Å². The van der Waals surface area contributed by atoms with E-state index in [0.29, 0.717) is 22.0 Å². The maximum atomic E-state index is 13.0. The summed E-state index contributed by atoms with van der Waals surface area (Å²) in [5.74, 6) is -0.281. The number of benzene rings is 2. The van der Waals surface area contributed by atoms with Crippen LogP contribution in [0.1, 0.15) is 26.3 Å². The number of halogens is 3. The summed E-state index contributed by atoms with van der Waals surface area (Å²) < 4.78 is 0. The minimum atomic E-state index is -0.281. The van der Waals surface area contributed by atoms with Crippen molar-refractivity contribution in [3.05, 3.63) is 62.6 Å². The fraction of sp³-hybridized carbons (Fsp3) is 0.238. The Bertz CT molecular complexity index is 940. The number of amides is 1. The number of carbonyl (C=O) groups is 1. The number of hydrogen-bond donors (Lipinski definition) is 0. The van der Waals surface area contributed by atoms with E-state index in [-0.39, 0.29) is 16.0 Å². The number of rotatable bonds is 5. The van der Waals surface area contributed by atoms with Crippen molar-refractivity contribution < 1.29 is 4.79 Å². The molecule has 2 aromatic rings. The molecule has 7 heteroatoms. The van der Waals surface area contributed by atoms with Gasteiger partial charge in [-0.3, -0.25) is 4.79 Å². The molecule has 3 rings (SSSR count). The van der Waals surface area contributed by atoms with Crippen LogP contribution in [-0.4, -0.2) is 24.7 Å². The Hall–Kier alpha value is -2.01. The summed E-state index contributed by atoms with van der Waals surface area (Å²) in [6, 6.07) is 11.2. The summed E-state index contributed by atoms with van der Waals surface area (Å²) in [5, 5.41) is 6.52. The first-order valence-electron chi connectivity index (χ1n) is 8.97. The van der Waals surface area contributed by atoms with Gasteiger partial charge in [0.2, 0.25) is 0 Å². The van der Waals surface area contributed by atoms with Crippen molar-refractivity contribution in [2.24, 2.45) is 5.10 Å². The minimum Gasteiger partial charge on any atom is -0.372 e. The Labute approximate surface area is 180 Å². The maximum absolute atomic E-state index is 13.0. The molecule has 0 aromatic heterocycles. The molecule has 0 saturated heterocycles. The zero-order valence-corrected chi connectivity index (χ0v) is 18.1. The second-order valence-electron chi connectivity index (χ2n) is 6.34. The summed E-state index contributed by atoms with van der Waals surface area (Å²) >= 11 is 18.5. The van der Waals surface area contributed by atoms with Crippen LogP contribution in [0.4, 0.5) is 11.4 Å². The smallest absolute Gasteiger partial charge is 0.280 e. The summed E-state index contributed by atoms with van der Waals surface area (Å²) in [5.41, 5.74) is 3.50. The predicted molar refractivity (Wildman–Crippen MR) is 120 cm³/mol. The molecule has 0 atom stereocenters. The SMILES string of the molecule is CCN(CC)c1ccc(/C=C2\C(=O)N(c3c(Cl)cc(Cl)cc3Cl)N=C2C)cc1. The first-order chi connectivity index (χ1) is 13.3. The van der Waals surface area contributed by atoms with Gasteiger partial charge in [0.05, 0.1) is 21.3 Å². The van der Waals surface area contributed by atoms with E-state index in [1.807, 2.05) is 18.2 Å². The van der Waals surface area contributed by atoms with Crippen LogP contribution in [0.15, 0.2) is 47.1 Å². The van der Waals surface area contributed by atoms with Crippen LogP contribution in [0, 0.1) is 0 Å². The van der Waals surface area contributed by atoms with Crippen molar-refractivity contribution in [2.45, 2.75) is 20.8 Å². The highest BCUT2D eigenvalue weighted by atomic mass is 35.5. The lowest BCUT2D eigenvalue weighted by Gasteiger charge is -2.20. The second-order valence-corrected chi connectivity index (χ2v) is 7.59. The highest BCUT2D eigenvalue weighted by molar-refractivity contribution is 6.44. The summed E-state index contributed by atoms with van der Waals surface area (Å²) in [6.07, 6.45) is 1.82. The van der Waals surface area contributed by atoms with Crippen LogP contribution in [0.2, 0.25) is 15.1 Å². The van der Waals surface area contributed by atoms with E-state index in [1.165, 1.54) is 17.1 Å². The third-order valence-electron chi connectivity index (χ3n) is 4.59. The van der Waals surface area contributed by atoms with Gasteiger partial charge in [-0.15, -0.1) is 0 Å². The second kappa shape index (κ2) is 8.56. The number of hydrazone groups is 1. The Balaban J connectivity index is 1.91. The van der Waals surface area contributed by atoms with Crippen LogP contribution in [0.5, 0.6) is 0 Å². The first kappa shape index (κ1) is 20.7. The number of nitrogens with zero attached hydrogens (tertiary/aromatic N) is 3. The highest BCUT2D eigenvalue weighted by Crippen LogP contribution is 2.39. The molecule has 1 aliphatic heterocycles. The van der Waals surface area contributed by atoms with E-state index in [1.54, 1.807) is 6.92 Å². The van der Waals surface area contributed by atoms with Gasteiger partial charge in [-0.2, -0.15) is 10.1 Å². The molecule has 0 radical (unpaired) electrons. The molecule has 28 heavy (non-hydrogen) atoms. The molecule has 0 fully saturated rings. The van der Waals surface area contributed by atoms with Gasteiger partial charge >= 0.3 is 0 Å². The average molecular weight is 437 g/mol. The summed E-state index contributed by atoms with van der Waals surface area (Å²) in [6.45, 7) is 7.92. The van der Waals surface area contributed by atoms with Crippen molar-refractivity contribution in [1.29, 1.82) is 0 Å². The van der Waals surface area contributed by atoms with Gasteiger partial charge in [0, 0.05) is 23.8 Å². The lowest BCUT2D eigenvalue weighted by atomic mass is 10.1. The van der Waals surface area contributed by atoms with Crippen molar-refractivity contribution in [2.75, 3.05) is 23.0 Å². The normalized spacial score (nSPS) is 15.4. The topological polar surface area (TPSA) is 35.9 Å². The van der Waals surface area contributed by atoms with Gasteiger partial charge < -0.3 is 4.90 Å². The minimum absolute atomic E-state index is 0.271. The van der Waals surface area contributed by atoms with E-state index in [9.17, 15) is 4.79 Å². The molecular formula is C21H20Cl3N3O. The van der Waals surface area contributed by atoms with Crippen molar-refractivity contribution in [3.63, 3.8) is 0 Å². The molecular weight excluding hydrogens is 417 g/mol. The lowest BCUT2D eigenvalue weighted by Crippen LogP contribution is -2.22. The van der Waals surface area contributed by atoms with Gasteiger partial charge in [0.25, 0.3) is 5.91 Å². The molecule has 1 aliphatic rings. The van der Waals surface area contributed by atoms with Gasteiger partial charge in [0.1, 0.15) is 5.69 Å². The van der Waals surface area contributed by atoms with Gasteiger partial charge in [-0.1, -0.05) is 46.9 Å². The van der Waals surface area contributed by atoms with Crippen molar-refractivity contribution in [3.8, 4) is 0 Å². The largest absolute Gasteiger partial charge is 0.372 e. The van der Waals surface area contributed by atoms with Crippen molar-refractivity contribution in [1.82, 2.24) is 0 Å². The van der Waals surface area contributed by atoms with E-state index < -0.39 is 0 Å². The third kappa shape index (κ3) is 4.04. The van der Waals surface area contributed by atoms with E-state index in [4.69, 9.17) is 34.8 Å². The van der Waals surface area contributed by atoms with Crippen LogP contribution < -0.4 is 9.91 Å². The van der Waals surface area contributed by atoms with Crippen LogP contribution in [0.3, 0.4) is 0 Å². The molecule has 146 valence electrons. The zero-order chi connectivity index (χ0) is 20.4. The van der Waals surface area contributed by atoms with E-state index in [0.717, 1.165) is 24.3 Å². The van der Waals surface area contributed by atoms with Gasteiger partial charge in [0.15, 0.2) is 0 Å². The standard InChI is InChI=1S/C21H20Cl3N3O/c1-4-26(5-2)16-8-6-14(7-9-16)10-17-13(3)25-27(21(17)28)20-18(23)11-15(22)12-19(20)24/h6-12H,4-5H2,1-3H3/b17-10-. The molecule has 1 heterocycles. The maximum Gasteiger partial charge on any atom is 0.280 e. The summed E-state index contributed by atoms with van der Waals surface area (Å²) in [4.78, 5) is 15.2. The quantitative estimate of drug-likeness (QED) is 0.516. The molecule has 0 bridgehead atoms. The number of carbonyl (C=O) groups excluding carboxylic acids is 1. The van der Waals surface area contributed by atoms with E-state index in [2.05, 4.69) is 36.0 Å². The Morgan fingerprint density at radius 1 is 1.04 bits per heavy atom. The number of hydrogen-bond acceptors (Lipinski definition) is 3. The molecule has 1 amide bonds. The monoisotopic (exact) mass is 435 g/mol. The van der Waals surface area contributed by atoms with Gasteiger partial charge in [-0.25, -0.2) is 0 Å². The van der Waals surface area contributed by atoms with E-state index >= 15 is 0 Å². The third-order valence-corrected chi connectivity index (χ3v) is 5.38. The molecule has 0 unspecified atom stereocenters. The fourth-order valence-electron chi connectivity index (χ4n) is 3.11. The lowest BCUT2D eigenvalue weighted by molar-refractivity contribution is -0.114. The van der Waals surface area contributed by atoms with Crippen LogP contribution in [-0.2, 0) is 4.79 Å². The fourth-order valence-corrected chi connectivity index (χ4v) is 4.09. The summed E-state index contributed by atoms with van der Waals surface area (Å²) in [7, 11) is 0.